The fourth-order valence-electron chi connectivity index (χ4n) is 4.03. The summed E-state index contributed by atoms with van der Waals surface area (Å²) in [5.41, 5.74) is 4.03. The summed E-state index contributed by atoms with van der Waals surface area (Å²) in [6.45, 7) is 5.95. The molecule has 0 saturated heterocycles. The standard InChI is InChI=1S/C28H21N3/c1-3-9-20(16-19(2)21-10-8-15-29-17-21)28-30-18-26-24-13-5-4-11-22(24)23-12-6-7-14-25(23)27(26)31-28/h3-18H,1H2,2H3/b19-16+,20-9+. The van der Waals surface area contributed by atoms with E-state index in [0.717, 1.165) is 33.0 Å². The number of pyridine rings is 1. The molecular weight excluding hydrogens is 378 g/mol. The average Bonchev–Trinajstić information content (AvgIpc) is 2.84. The van der Waals surface area contributed by atoms with Gasteiger partial charge in [0, 0.05) is 34.9 Å². The third-order valence-corrected chi connectivity index (χ3v) is 5.52. The van der Waals surface area contributed by atoms with E-state index in [1.807, 2.05) is 30.6 Å². The lowest BCUT2D eigenvalue weighted by Gasteiger charge is -2.11. The van der Waals surface area contributed by atoms with E-state index in [2.05, 4.69) is 73.1 Å². The van der Waals surface area contributed by atoms with Crippen LogP contribution in [0.3, 0.4) is 0 Å². The molecular formula is C28H21N3. The maximum Gasteiger partial charge on any atom is 0.159 e. The van der Waals surface area contributed by atoms with E-state index in [0.29, 0.717) is 5.82 Å². The third kappa shape index (κ3) is 3.40. The molecule has 0 unspecified atom stereocenters. The summed E-state index contributed by atoms with van der Waals surface area (Å²) in [5, 5.41) is 5.77. The Morgan fingerprint density at radius 3 is 2.16 bits per heavy atom. The van der Waals surface area contributed by atoms with Gasteiger partial charge in [-0.15, -0.1) is 0 Å². The van der Waals surface area contributed by atoms with Crippen molar-refractivity contribution in [2.24, 2.45) is 0 Å². The molecule has 5 rings (SSSR count). The second kappa shape index (κ2) is 7.96. The van der Waals surface area contributed by atoms with Crippen LogP contribution in [-0.4, -0.2) is 15.0 Å². The highest BCUT2D eigenvalue weighted by Crippen LogP contribution is 2.34. The molecule has 3 heteroatoms. The molecule has 2 heterocycles. The highest BCUT2D eigenvalue weighted by Gasteiger charge is 2.12. The van der Waals surface area contributed by atoms with E-state index < -0.39 is 0 Å². The van der Waals surface area contributed by atoms with Crippen LogP contribution >= 0.6 is 0 Å². The maximum atomic E-state index is 5.03. The molecule has 31 heavy (non-hydrogen) atoms. The van der Waals surface area contributed by atoms with Crippen molar-refractivity contribution in [3.8, 4) is 0 Å². The summed E-state index contributed by atoms with van der Waals surface area (Å²) in [6, 6.07) is 20.9. The van der Waals surface area contributed by atoms with Crippen LogP contribution in [0.2, 0.25) is 0 Å². The van der Waals surface area contributed by atoms with Gasteiger partial charge >= 0.3 is 0 Å². The minimum atomic E-state index is 0.677. The minimum absolute atomic E-state index is 0.677. The molecule has 0 atom stereocenters. The lowest BCUT2D eigenvalue weighted by atomic mass is 9.98. The normalized spacial score (nSPS) is 12.5. The second-order valence-corrected chi connectivity index (χ2v) is 7.47. The fraction of sp³-hybridized carbons (Fsp3) is 0.0357. The molecule has 0 amide bonds. The molecule has 0 aliphatic heterocycles. The summed E-state index contributed by atoms with van der Waals surface area (Å²) in [6.07, 6.45) is 11.4. The van der Waals surface area contributed by atoms with Crippen LogP contribution < -0.4 is 0 Å². The first-order chi connectivity index (χ1) is 15.3. The number of hydrogen-bond donors (Lipinski definition) is 0. The van der Waals surface area contributed by atoms with Crippen LogP contribution in [0.5, 0.6) is 0 Å². The molecule has 0 radical (unpaired) electrons. The van der Waals surface area contributed by atoms with Crippen molar-refractivity contribution in [1.29, 1.82) is 0 Å². The maximum absolute atomic E-state index is 5.03. The van der Waals surface area contributed by atoms with Crippen molar-refractivity contribution < 1.29 is 0 Å². The summed E-state index contributed by atoms with van der Waals surface area (Å²) < 4.78 is 0. The summed E-state index contributed by atoms with van der Waals surface area (Å²) in [7, 11) is 0. The molecule has 148 valence electrons. The van der Waals surface area contributed by atoms with Gasteiger partial charge in [0.05, 0.1) is 5.52 Å². The van der Waals surface area contributed by atoms with E-state index in [1.165, 1.54) is 16.2 Å². The largest absolute Gasteiger partial charge is 0.264 e. The number of fused-ring (bicyclic) bond motifs is 6. The zero-order valence-corrected chi connectivity index (χ0v) is 17.3. The Morgan fingerprint density at radius 1 is 0.806 bits per heavy atom. The molecule has 0 saturated carbocycles. The highest BCUT2D eigenvalue weighted by molar-refractivity contribution is 6.24. The fourth-order valence-corrected chi connectivity index (χ4v) is 4.03. The Kier molecular flexibility index (Phi) is 4.85. The average molecular weight is 399 g/mol. The van der Waals surface area contributed by atoms with Gasteiger partial charge in [-0.3, -0.25) is 4.98 Å². The van der Waals surface area contributed by atoms with Gasteiger partial charge in [-0.25, -0.2) is 9.97 Å². The molecule has 2 aromatic heterocycles. The molecule has 0 spiro atoms. The second-order valence-electron chi connectivity index (χ2n) is 7.47. The van der Waals surface area contributed by atoms with Gasteiger partial charge in [0.25, 0.3) is 0 Å². The minimum Gasteiger partial charge on any atom is -0.264 e. The van der Waals surface area contributed by atoms with Gasteiger partial charge in [-0.2, -0.15) is 0 Å². The summed E-state index contributed by atoms with van der Waals surface area (Å²) in [5.74, 6) is 0.677. The van der Waals surface area contributed by atoms with E-state index in [9.17, 15) is 0 Å². The van der Waals surface area contributed by atoms with E-state index in [4.69, 9.17) is 9.97 Å². The molecule has 0 bridgehead atoms. The molecule has 0 N–H and O–H groups in total. The van der Waals surface area contributed by atoms with Crippen molar-refractivity contribution in [2.45, 2.75) is 6.92 Å². The Labute approximate surface area is 181 Å². The van der Waals surface area contributed by atoms with E-state index in [-0.39, 0.29) is 0 Å². The van der Waals surface area contributed by atoms with Gasteiger partial charge < -0.3 is 0 Å². The van der Waals surface area contributed by atoms with Gasteiger partial charge in [-0.1, -0.05) is 73.3 Å². The SMILES string of the molecule is C=C/C=C(\C=C(/C)c1cccnc1)c1ncc2c3ccccc3c3ccccc3c2n1. The van der Waals surface area contributed by atoms with Crippen molar-refractivity contribution in [3.63, 3.8) is 0 Å². The van der Waals surface area contributed by atoms with E-state index in [1.54, 1.807) is 12.3 Å². The smallest absolute Gasteiger partial charge is 0.159 e. The van der Waals surface area contributed by atoms with Crippen molar-refractivity contribution in [3.05, 3.63) is 115 Å². The third-order valence-electron chi connectivity index (χ3n) is 5.52. The van der Waals surface area contributed by atoms with Crippen LogP contribution in [0, 0.1) is 0 Å². The Morgan fingerprint density at radius 2 is 1.48 bits per heavy atom. The van der Waals surface area contributed by atoms with Crippen molar-refractivity contribution >= 4 is 43.6 Å². The zero-order chi connectivity index (χ0) is 21.2. The monoisotopic (exact) mass is 399 g/mol. The molecule has 0 fully saturated rings. The van der Waals surface area contributed by atoms with Crippen LogP contribution in [0.25, 0.3) is 43.6 Å². The van der Waals surface area contributed by atoms with E-state index >= 15 is 0 Å². The summed E-state index contributed by atoms with van der Waals surface area (Å²) in [4.78, 5) is 14.0. The number of allylic oxidation sites excluding steroid dienone is 5. The Balaban J connectivity index is 1.75. The lowest BCUT2D eigenvalue weighted by Crippen LogP contribution is -1.96. The molecule has 3 aromatic carbocycles. The Hall–Kier alpha value is -4.11. The molecule has 5 aromatic rings. The number of hydrogen-bond acceptors (Lipinski definition) is 3. The Bertz CT molecular complexity index is 1460. The van der Waals surface area contributed by atoms with Crippen LogP contribution in [0.15, 0.2) is 104 Å². The zero-order valence-electron chi connectivity index (χ0n) is 17.3. The van der Waals surface area contributed by atoms with Crippen molar-refractivity contribution in [1.82, 2.24) is 15.0 Å². The highest BCUT2D eigenvalue weighted by atomic mass is 14.9. The molecule has 3 nitrogen and oxygen atoms in total. The summed E-state index contributed by atoms with van der Waals surface area (Å²) >= 11 is 0. The van der Waals surface area contributed by atoms with Crippen LogP contribution in [0.1, 0.15) is 18.3 Å². The quantitative estimate of drug-likeness (QED) is 0.241. The molecule has 0 aliphatic rings. The van der Waals surface area contributed by atoms with Gasteiger partial charge in [0.2, 0.25) is 0 Å². The van der Waals surface area contributed by atoms with Crippen molar-refractivity contribution in [2.75, 3.05) is 0 Å². The number of nitrogens with zero attached hydrogens (tertiary/aromatic N) is 3. The lowest BCUT2D eigenvalue weighted by molar-refractivity contribution is 1.17. The topological polar surface area (TPSA) is 38.7 Å². The van der Waals surface area contributed by atoms with Crippen LogP contribution in [-0.2, 0) is 0 Å². The van der Waals surface area contributed by atoms with Crippen LogP contribution in [0.4, 0.5) is 0 Å². The predicted molar refractivity (Wildman–Crippen MR) is 131 cm³/mol. The van der Waals surface area contributed by atoms with Gasteiger partial charge in [-0.05, 0) is 46.4 Å². The van der Waals surface area contributed by atoms with Gasteiger partial charge in [0.15, 0.2) is 5.82 Å². The van der Waals surface area contributed by atoms with Gasteiger partial charge in [0.1, 0.15) is 0 Å². The number of aromatic nitrogens is 3. The first-order valence-corrected chi connectivity index (χ1v) is 10.2. The molecule has 0 aliphatic carbocycles. The predicted octanol–water partition coefficient (Wildman–Crippen LogP) is 7.00. The number of benzene rings is 3. The number of rotatable bonds is 4. The first kappa shape index (κ1) is 18.9. The first-order valence-electron chi connectivity index (χ1n) is 10.2.